The van der Waals surface area contributed by atoms with Gasteiger partial charge in [0.15, 0.2) is 5.65 Å². The average molecular weight is 364 g/mol. The number of amides is 1. The van der Waals surface area contributed by atoms with E-state index in [1.54, 1.807) is 6.33 Å². The van der Waals surface area contributed by atoms with E-state index in [2.05, 4.69) is 47.2 Å². The Hall–Kier alpha value is -2.96. The summed E-state index contributed by atoms with van der Waals surface area (Å²) in [5, 5.41) is 8.78. The first-order chi connectivity index (χ1) is 12.9. The van der Waals surface area contributed by atoms with E-state index >= 15 is 0 Å². The van der Waals surface area contributed by atoms with Crippen molar-refractivity contribution >= 4 is 28.4 Å². The van der Waals surface area contributed by atoms with Crippen molar-refractivity contribution < 1.29 is 4.79 Å². The highest BCUT2D eigenvalue weighted by atomic mass is 16.2. The number of hydrogen-bond donors (Lipinski definition) is 1. The predicted octanol–water partition coefficient (Wildman–Crippen LogP) is 3.32. The Balaban J connectivity index is 1.56. The standard InChI is InChI=1S/C20H24N6O/c1-20(2,3)26-19-16(12-24-26)18(22-13-23-19)21-11-14-6-4-7-15(10-14)25-9-5-8-17(25)27/h4,6-7,10,12-13H,5,8-9,11H2,1-3H3,(H,21,22,23). The summed E-state index contributed by atoms with van der Waals surface area (Å²) < 4.78 is 1.91. The van der Waals surface area contributed by atoms with Crippen molar-refractivity contribution in [2.75, 3.05) is 16.8 Å². The second kappa shape index (κ2) is 6.64. The Kier molecular flexibility index (Phi) is 4.30. The molecule has 1 aromatic carbocycles. The van der Waals surface area contributed by atoms with E-state index in [4.69, 9.17) is 0 Å². The topological polar surface area (TPSA) is 75.9 Å². The lowest BCUT2D eigenvalue weighted by Crippen LogP contribution is -2.23. The molecule has 27 heavy (non-hydrogen) atoms. The summed E-state index contributed by atoms with van der Waals surface area (Å²) in [5.41, 5.74) is 2.73. The molecule has 3 heterocycles. The SMILES string of the molecule is CC(C)(C)n1ncc2c(NCc3cccc(N4CCCC4=O)c3)ncnc21. The van der Waals surface area contributed by atoms with E-state index in [0.29, 0.717) is 13.0 Å². The highest BCUT2D eigenvalue weighted by Crippen LogP contribution is 2.25. The van der Waals surface area contributed by atoms with Crippen LogP contribution in [0.2, 0.25) is 0 Å². The molecule has 140 valence electrons. The third-order valence-electron chi connectivity index (χ3n) is 4.76. The summed E-state index contributed by atoms with van der Waals surface area (Å²) >= 11 is 0. The number of fused-ring (bicyclic) bond motifs is 1. The van der Waals surface area contributed by atoms with Gasteiger partial charge in [-0.1, -0.05) is 12.1 Å². The number of benzene rings is 1. The molecule has 4 rings (SSSR count). The molecule has 1 fully saturated rings. The van der Waals surface area contributed by atoms with Crippen molar-refractivity contribution in [1.82, 2.24) is 19.7 Å². The molecule has 7 nitrogen and oxygen atoms in total. The van der Waals surface area contributed by atoms with Gasteiger partial charge in [-0.05, 0) is 44.9 Å². The Morgan fingerprint density at radius 2 is 2.07 bits per heavy atom. The number of carbonyl (C=O) groups excluding carboxylic acids is 1. The lowest BCUT2D eigenvalue weighted by molar-refractivity contribution is -0.117. The number of nitrogens with zero attached hydrogens (tertiary/aromatic N) is 5. The average Bonchev–Trinajstić information content (AvgIpc) is 3.26. The van der Waals surface area contributed by atoms with Gasteiger partial charge in [-0.15, -0.1) is 0 Å². The number of aromatic nitrogens is 4. The van der Waals surface area contributed by atoms with Crippen LogP contribution >= 0.6 is 0 Å². The van der Waals surface area contributed by atoms with Gasteiger partial charge < -0.3 is 10.2 Å². The van der Waals surface area contributed by atoms with Crippen LogP contribution in [0, 0.1) is 0 Å². The Morgan fingerprint density at radius 1 is 1.22 bits per heavy atom. The van der Waals surface area contributed by atoms with Crippen molar-refractivity contribution in [3.8, 4) is 0 Å². The van der Waals surface area contributed by atoms with Crippen LogP contribution in [0.15, 0.2) is 36.8 Å². The zero-order valence-electron chi connectivity index (χ0n) is 15.9. The summed E-state index contributed by atoms with van der Waals surface area (Å²) in [6.45, 7) is 7.70. The van der Waals surface area contributed by atoms with Gasteiger partial charge >= 0.3 is 0 Å². The molecular weight excluding hydrogens is 340 g/mol. The maximum atomic E-state index is 12.0. The van der Waals surface area contributed by atoms with E-state index in [1.807, 2.05) is 34.0 Å². The smallest absolute Gasteiger partial charge is 0.227 e. The van der Waals surface area contributed by atoms with Crippen molar-refractivity contribution in [1.29, 1.82) is 0 Å². The highest BCUT2D eigenvalue weighted by molar-refractivity contribution is 5.95. The summed E-state index contributed by atoms with van der Waals surface area (Å²) in [4.78, 5) is 22.6. The summed E-state index contributed by atoms with van der Waals surface area (Å²) in [6, 6.07) is 8.09. The zero-order valence-corrected chi connectivity index (χ0v) is 15.9. The highest BCUT2D eigenvalue weighted by Gasteiger charge is 2.22. The fourth-order valence-corrected chi connectivity index (χ4v) is 3.42. The van der Waals surface area contributed by atoms with E-state index < -0.39 is 0 Å². The van der Waals surface area contributed by atoms with E-state index in [1.165, 1.54) is 0 Å². The lowest BCUT2D eigenvalue weighted by Gasteiger charge is -2.19. The fourth-order valence-electron chi connectivity index (χ4n) is 3.42. The van der Waals surface area contributed by atoms with Crippen LogP contribution in [0.1, 0.15) is 39.2 Å². The number of anilines is 2. The van der Waals surface area contributed by atoms with Crippen LogP contribution in [0.5, 0.6) is 0 Å². The molecule has 7 heteroatoms. The van der Waals surface area contributed by atoms with Crippen LogP contribution < -0.4 is 10.2 Å². The molecule has 1 saturated heterocycles. The van der Waals surface area contributed by atoms with Gasteiger partial charge in [0.25, 0.3) is 0 Å². The summed E-state index contributed by atoms with van der Waals surface area (Å²) in [7, 11) is 0. The first-order valence-electron chi connectivity index (χ1n) is 9.26. The number of carbonyl (C=O) groups is 1. The minimum atomic E-state index is -0.149. The summed E-state index contributed by atoms with van der Waals surface area (Å²) in [5.74, 6) is 0.963. The van der Waals surface area contributed by atoms with Crippen LogP contribution in [0.3, 0.4) is 0 Å². The van der Waals surface area contributed by atoms with Gasteiger partial charge in [0.1, 0.15) is 12.1 Å². The minimum Gasteiger partial charge on any atom is -0.365 e. The number of nitrogens with one attached hydrogen (secondary N) is 1. The van der Waals surface area contributed by atoms with Crippen LogP contribution in [0.4, 0.5) is 11.5 Å². The Bertz CT molecular complexity index is 988. The van der Waals surface area contributed by atoms with Gasteiger partial charge in [0.05, 0.1) is 17.1 Å². The van der Waals surface area contributed by atoms with Crippen LogP contribution in [-0.4, -0.2) is 32.2 Å². The number of rotatable bonds is 4. The van der Waals surface area contributed by atoms with Gasteiger partial charge in [-0.3, -0.25) is 4.79 Å². The third-order valence-corrected chi connectivity index (χ3v) is 4.76. The van der Waals surface area contributed by atoms with E-state index in [-0.39, 0.29) is 11.4 Å². The predicted molar refractivity (Wildman–Crippen MR) is 106 cm³/mol. The molecule has 0 unspecified atom stereocenters. The molecule has 1 N–H and O–H groups in total. The monoisotopic (exact) mass is 364 g/mol. The van der Waals surface area contributed by atoms with Crippen LogP contribution in [-0.2, 0) is 16.9 Å². The number of hydrogen-bond acceptors (Lipinski definition) is 5. The third kappa shape index (κ3) is 3.37. The molecule has 0 aliphatic carbocycles. The largest absolute Gasteiger partial charge is 0.365 e. The second-order valence-electron chi connectivity index (χ2n) is 7.86. The quantitative estimate of drug-likeness (QED) is 0.768. The van der Waals surface area contributed by atoms with Gasteiger partial charge in [0, 0.05) is 25.2 Å². The van der Waals surface area contributed by atoms with Gasteiger partial charge in [-0.25, -0.2) is 14.6 Å². The molecular formula is C20H24N6O. The first-order valence-corrected chi connectivity index (χ1v) is 9.26. The molecule has 0 atom stereocenters. The molecule has 3 aromatic rings. The Labute approximate surface area is 158 Å². The van der Waals surface area contributed by atoms with Crippen molar-refractivity contribution in [3.05, 3.63) is 42.4 Å². The maximum Gasteiger partial charge on any atom is 0.227 e. The summed E-state index contributed by atoms with van der Waals surface area (Å²) in [6.07, 6.45) is 4.94. The van der Waals surface area contributed by atoms with E-state index in [9.17, 15) is 4.79 Å². The second-order valence-corrected chi connectivity index (χ2v) is 7.86. The van der Waals surface area contributed by atoms with Crippen LogP contribution in [0.25, 0.3) is 11.0 Å². The maximum absolute atomic E-state index is 12.0. The van der Waals surface area contributed by atoms with Crippen molar-refractivity contribution in [2.45, 2.75) is 45.7 Å². The lowest BCUT2D eigenvalue weighted by atomic mass is 10.1. The molecule has 0 spiro atoms. The molecule has 1 aliphatic heterocycles. The first kappa shape index (κ1) is 17.5. The molecule has 0 radical (unpaired) electrons. The van der Waals surface area contributed by atoms with Crippen molar-refractivity contribution in [3.63, 3.8) is 0 Å². The Morgan fingerprint density at radius 3 is 2.81 bits per heavy atom. The van der Waals surface area contributed by atoms with Gasteiger partial charge in [0.2, 0.25) is 5.91 Å². The molecule has 0 saturated carbocycles. The normalized spacial score (nSPS) is 14.9. The van der Waals surface area contributed by atoms with E-state index in [0.717, 1.165) is 41.1 Å². The fraction of sp³-hybridized carbons (Fsp3) is 0.400. The van der Waals surface area contributed by atoms with Gasteiger partial charge in [-0.2, -0.15) is 5.10 Å². The molecule has 0 bridgehead atoms. The van der Waals surface area contributed by atoms with Crippen molar-refractivity contribution in [2.24, 2.45) is 0 Å². The minimum absolute atomic E-state index is 0.149. The zero-order chi connectivity index (χ0) is 19.0. The molecule has 1 aliphatic rings. The molecule has 2 aromatic heterocycles. The molecule has 1 amide bonds.